The Hall–Kier alpha value is -2.51. The number of piperidine rings is 1. The van der Waals surface area contributed by atoms with E-state index in [9.17, 15) is 4.79 Å². The van der Waals surface area contributed by atoms with Crippen LogP contribution in [-0.4, -0.2) is 72.6 Å². The summed E-state index contributed by atoms with van der Waals surface area (Å²) in [6.45, 7) is 4.63. The quantitative estimate of drug-likeness (QED) is 0.774. The second kappa shape index (κ2) is 9.39. The van der Waals surface area contributed by atoms with E-state index in [1.54, 1.807) is 0 Å². The van der Waals surface area contributed by atoms with Crippen molar-refractivity contribution in [3.8, 4) is 0 Å². The van der Waals surface area contributed by atoms with Crippen LogP contribution in [0.2, 0.25) is 0 Å². The van der Waals surface area contributed by atoms with Gasteiger partial charge < -0.3 is 19.9 Å². The number of anilines is 1. The van der Waals surface area contributed by atoms with Gasteiger partial charge in [-0.3, -0.25) is 4.79 Å². The molecular formula is C26H35N5O2. The summed E-state index contributed by atoms with van der Waals surface area (Å²) in [5, 5.41) is 3.30. The number of aromatic nitrogens is 2. The van der Waals surface area contributed by atoms with Crippen LogP contribution in [0.4, 0.5) is 5.82 Å². The SMILES string of the molecule is CNc1nc([C@@H]2CCCN(C(=O)C3(c4ccccc4)CCOCC3)C2)nc2c1CCN(C)C2. The first kappa shape index (κ1) is 22.3. The highest BCUT2D eigenvalue weighted by Crippen LogP contribution is 2.39. The molecule has 1 aromatic heterocycles. The number of benzene rings is 1. The Labute approximate surface area is 196 Å². The predicted octanol–water partition coefficient (Wildman–Crippen LogP) is 2.96. The first-order chi connectivity index (χ1) is 16.1. The van der Waals surface area contributed by atoms with Crippen molar-refractivity contribution in [1.82, 2.24) is 19.8 Å². The standard InChI is InChI=1S/C26H35N5O2/c1-27-24-21-10-14-30(2)18-22(21)28-23(29-24)19-7-6-13-31(17-19)25(32)26(11-15-33-16-12-26)20-8-4-3-5-9-20/h3-5,8-9,19H,6-7,10-18H2,1-2H3,(H,27,28,29)/t19-/m1/s1. The third kappa shape index (κ3) is 4.24. The van der Waals surface area contributed by atoms with Gasteiger partial charge in [0.05, 0.1) is 11.1 Å². The average molecular weight is 450 g/mol. The van der Waals surface area contributed by atoms with Crippen LogP contribution in [0.15, 0.2) is 30.3 Å². The van der Waals surface area contributed by atoms with Crippen LogP contribution in [0, 0.1) is 0 Å². The summed E-state index contributed by atoms with van der Waals surface area (Å²) in [5.41, 5.74) is 3.00. The number of carbonyl (C=O) groups is 1. The molecule has 2 saturated heterocycles. The van der Waals surface area contributed by atoms with Crippen LogP contribution in [0.1, 0.15) is 54.2 Å². The lowest BCUT2D eigenvalue weighted by Crippen LogP contribution is -2.52. The van der Waals surface area contributed by atoms with E-state index in [1.165, 1.54) is 5.56 Å². The van der Waals surface area contributed by atoms with E-state index in [0.717, 1.165) is 74.6 Å². The van der Waals surface area contributed by atoms with Gasteiger partial charge in [0.15, 0.2) is 0 Å². The van der Waals surface area contributed by atoms with Crippen molar-refractivity contribution in [3.63, 3.8) is 0 Å². The van der Waals surface area contributed by atoms with Crippen LogP contribution in [0.25, 0.3) is 0 Å². The van der Waals surface area contributed by atoms with Gasteiger partial charge in [-0.25, -0.2) is 9.97 Å². The molecule has 5 rings (SSSR count). The summed E-state index contributed by atoms with van der Waals surface area (Å²) < 4.78 is 5.66. The number of hydrogen-bond acceptors (Lipinski definition) is 6. The highest BCUT2D eigenvalue weighted by molar-refractivity contribution is 5.88. The van der Waals surface area contributed by atoms with Crippen LogP contribution in [0.5, 0.6) is 0 Å². The Morgan fingerprint density at radius 1 is 1.15 bits per heavy atom. The maximum absolute atomic E-state index is 14.1. The van der Waals surface area contributed by atoms with E-state index in [2.05, 4.69) is 34.3 Å². The first-order valence-electron chi connectivity index (χ1n) is 12.3. The average Bonchev–Trinajstić information content (AvgIpc) is 2.88. The van der Waals surface area contributed by atoms with Crippen LogP contribution in [-0.2, 0) is 27.9 Å². The summed E-state index contributed by atoms with van der Waals surface area (Å²) in [6.07, 6.45) is 4.44. The van der Waals surface area contributed by atoms with Crippen molar-refractivity contribution >= 4 is 11.7 Å². The second-order valence-electron chi connectivity index (χ2n) is 9.74. The number of rotatable bonds is 4. The maximum Gasteiger partial charge on any atom is 0.233 e. The van der Waals surface area contributed by atoms with Crippen molar-refractivity contribution in [2.24, 2.45) is 0 Å². The van der Waals surface area contributed by atoms with Gasteiger partial charge in [0.2, 0.25) is 5.91 Å². The number of ether oxygens (including phenoxy) is 1. The fourth-order valence-electron chi connectivity index (χ4n) is 5.75. The van der Waals surface area contributed by atoms with Gasteiger partial charge >= 0.3 is 0 Å². The lowest BCUT2D eigenvalue weighted by molar-refractivity contribution is -0.142. The van der Waals surface area contributed by atoms with Crippen molar-refractivity contribution in [2.75, 3.05) is 52.3 Å². The van der Waals surface area contributed by atoms with Gasteiger partial charge in [-0.15, -0.1) is 0 Å². The summed E-state index contributed by atoms with van der Waals surface area (Å²) in [6, 6.07) is 10.3. The van der Waals surface area contributed by atoms with Gasteiger partial charge in [-0.1, -0.05) is 30.3 Å². The zero-order chi connectivity index (χ0) is 22.8. The number of nitrogens with zero attached hydrogens (tertiary/aromatic N) is 4. The zero-order valence-corrected chi connectivity index (χ0v) is 19.8. The van der Waals surface area contributed by atoms with E-state index < -0.39 is 5.41 Å². The largest absolute Gasteiger partial charge is 0.381 e. The van der Waals surface area contributed by atoms with Crippen molar-refractivity contribution in [1.29, 1.82) is 0 Å². The molecule has 0 unspecified atom stereocenters. The molecule has 1 N–H and O–H groups in total. The fourth-order valence-corrected chi connectivity index (χ4v) is 5.75. The number of hydrogen-bond donors (Lipinski definition) is 1. The second-order valence-corrected chi connectivity index (χ2v) is 9.74. The highest BCUT2D eigenvalue weighted by atomic mass is 16.5. The predicted molar refractivity (Wildman–Crippen MR) is 128 cm³/mol. The number of likely N-dealkylation sites (N-methyl/N-ethyl adjacent to an activating group) is 1. The molecule has 1 aromatic carbocycles. The van der Waals surface area contributed by atoms with Gasteiger partial charge in [0, 0.05) is 57.9 Å². The van der Waals surface area contributed by atoms with Gasteiger partial charge in [0.25, 0.3) is 0 Å². The summed E-state index contributed by atoms with van der Waals surface area (Å²) in [4.78, 5) is 28.4. The van der Waals surface area contributed by atoms with Crippen molar-refractivity contribution < 1.29 is 9.53 Å². The molecule has 2 fully saturated rings. The van der Waals surface area contributed by atoms with Crippen molar-refractivity contribution in [2.45, 2.75) is 50.0 Å². The molecule has 1 atom stereocenters. The molecular weight excluding hydrogens is 414 g/mol. The summed E-state index contributed by atoms with van der Waals surface area (Å²) in [7, 11) is 4.08. The van der Waals surface area contributed by atoms with Gasteiger partial charge in [-0.2, -0.15) is 0 Å². The number of carbonyl (C=O) groups excluding carboxylic acids is 1. The zero-order valence-electron chi connectivity index (χ0n) is 19.8. The third-order valence-electron chi connectivity index (χ3n) is 7.67. The Morgan fingerprint density at radius 3 is 2.70 bits per heavy atom. The normalized spacial score (nSPS) is 23.1. The lowest BCUT2D eigenvalue weighted by atomic mass is 9.72. The summed E-state index contributed by atoms with van der Waals surface area (Å²) in [5.74, 6) is 2.25. The van der Waals surface area contributed by atoms with E-state index in [4.69, 9.17) is 14.7 Å². The molecule has 33 heavy (non-hydrogen) atoms. The van der Waals surface area contributed by atoms with Crippen molar-refractivity contribution in [3.05, 3.63) is 53.0 Å². The third-order valence-corrected chi connectivity index (χ3v) is 7.67. The van der Waals surface area contributed by atoms with Gasteiger partial charge in [0.1, 0.15) is 11.6 Å². The molecule has 1 amide bonds. The molecule has 7 heteroatoms. The molecule has 176 valence electrons. The van der Waals surface area contributed by atoms with Crippen LogP contribution >= 0.6 is 0 Å². The molecule has 0 aliphatic carbocycles. The molecule has 3 aliphatic rings. The molecule has 0 saturated carbocycles. The van der Waals surface area contributed by atoms with E-state index in [-0.39, 0.29) is 11.8 Å². The topological polar surface area (TPSA) is 70.6 Å². The first-order valence-corrected chi connectivity index (χ1v) is 12.3. The van der Waals surface area contributed by atoms with Crippen LogP contribution < -0.4 is 5.32 Å². The minimum Gasteiger partial charge on any atom is -0.381 e. The van der Waals surface area contributed by atoms with Gasteiger partial charge in [-0.05, 0) is 44.7 Å². The monoisotopic (exact) mass is 449 g/mol. The Kier molecular flexibility index (Phi) is 6.34. The number of nitrogens with one attached hydrogen (secondary N) is 1. The molecule has 7 nitrogen and oxygen atoms in total. The Bertz CT molecular complexity index is 990. The number of likely N-dealkylation sites (tertiary alicyclic amines) is 1. The number of amides is 1. The minimum atomic E-state index is -0.489. The number of fused-ring (bicyclic) bond motifs is 1. The van der Waals surface area contributed by atoms with E-state index in [1.807, 2.05) is 25.2 Å². The van der Waals surface area contributed by atoms with Crippen LogP contribution in [0.3, 0.4) is 0 Å². The molecule has 0 radical (unpaired) electrons. The fraction of sp³-hybridized carbons (Fsp3) is 0.577. The molecule has 3 aliphatic heterocycles. The minimum absolute atomic E-state index is 0.167. The smallest absolute Gasteiger partial charge is 0.233 e. The van der Waals surface area contributed by atoms with E-state index >= 15 is 0 Å². The lowest BCUT2D eigenvalue weighted by Gasteiger charge is -2.42. The Morgan fingerprint density at radius 2 is 1.94 bits per heavy atom. The highest BCUT2D eigenvalue weighted by Gasteiger charge is 2.45. The molecule has 2 aromatic rings. The van der Waals surface area contributed by atoms with E-state index in [0.29, 0.717) is 19.8 Å². The molecule has 4 heterocycles. The molecule has 0 spiro atoms. The summed E-state index contributed by atoms with van der Waals surface area (Å²) >= 11 is 0. The Balaban J connectivity index is 1.42. The maximum atomic E-state index is 14.1. The molecule has 0 bridgehead atoms.